The average Bonchev–Trinajstić information content (AvgIpc) is 3.74. The van der Waals surface area contributed by atoms with E-state index in [-0.39, 0.29) is 0 Å². The highest BCUT2D eigenvalue weighted by Gasteiger charge is 2.22. The van der Waals surface area contributed by atoms with Crippen molar-refractivity contribution in [2.24, 2.45) is 0 Å². The molecule has 0 unspecified atom stereocenters. The topological polar surface area (TPSA) is 69.4 Å². The van der Waals surface area contributed by atoms with Crippen molar-refractivity contribution in [1.29, 1.82) is 0 Å². The monoisotopic (exact) mass is 884 g/mol. The average molecular weight is 885 g/mol. The molecule has 0 N–H and O–H groups in total. The summed E-state index contributed by atoms with van der Waals surface area (Å²) in [7, 11) is 0. The lowest BCUT2D eigenvalue weighted by Gasteiger charge is -2.17. The van der Waals surface area contributed by atoms with Crippen LogP contribution >= 0.6 is 0 Å². The first kappa shape index (κ1) is 41.3. The Labute approximate surface area is 401 Å². The first-order valence-electron chi connectivity index (χ1n) is 23.2. The fourth-order valence-electron chi connectivity index (χ4n) is 9.20. The summed E-state index contributed by atoms with van der Waals surface area (Å²) in [5.74, 6) is 2.36. The molecular weight excluding hydrogens is 841 g/mol. The van der Waals surface area contributed by atoms with Gasteiger partial charge in [0.15, 0.2) is 23.3 Å². The molecule has 3 heterocycles. The number of nitrogens with zero attached hydrogens (tertiary/aromatic N) is 6. The molecule has 0 atom stereocenters. The molecule has 0 aliphatic rings. The molecular formula is C63H44N6. The minimum absolute atomic E-state index is 0.544. The smallest absolute Gasteiger partial charge is 0.166 e. The highest BCUT2D eigenvalue weighted by atomic mass is 15.1. The van der Waals surface area contributed by atoms with Gasteiger partial charge < -0.3 is 4.57 Å². The Kier molecular flexibility index (Phi) is 10.5. The Bertz CT molecular complexity index is 3590. The van der Waals surface area contributed by atoms with Gasteiger partial charge >= 0.3 is 0 Å². The highest BCUT2D eigenvalue weighted by Crippen LogP contribution is 2.41. The number of fused-ring (bicyclic) bond motifs is 3. The summed E-state index contributed by atoms with van der Waals surface area (Å²) in [5.41, 5.74) is 17.3. The summed E-state index contributed by atoms with van der Waals surface area (Å²) < 4.78 is 2.38. The maximum Gasteiger partial charge on any atom is 0.166 e. The van der Waals surface area contributed by atoms with Crippen molar-refractivity contribution in [1.82, 2.24) is 29.5 Å². The van der Waals surface area contributed by atoms with Gasteiger partial charge in [-0.15, -0.1) is 0 Å². The van der Waals surface area contributed by atoms with Crippen LogP contribution in [0, 0.1) is 13.8 Å². The van der Waals surface area contributed by atoms with Crippen molar-refractivity contribution in [2.75, 3.05) is 0 Å². The van der Waals surface area contributed by atoms with Crippen LogP contribution in [0.2, 0.25) is 0 Å². The van der Waals surface area contributed by atoms with Gasteiger partial charge in [0, 0.05) is 44.2 Å². The van der Waals surface area contributed by atoms with E-state index in [1.165, 1.54) is 22.3 Å². The third-order valence-electron chi connectivity index (χ3n) is 12.8. The second-order valence-electron chi connectivity index (χ2n) is 17.5. The molecule has 0 fully saturated rings. The van der Waals surface area contributed by atoms with Crippen molar-refractivity contribution in [3.05, 3.63) is 242 Å². The van der Waals surface area contributed by atoms with Crippen LogP contribution in [0.3, 0.4) is 0 Å². The van der Waals surface area contributed by atoms with Gasteiger partial charge in [-0.05, 0) is 78.6 Å². The Morgan fingerprint density at radius 1 is 0.275 bits per heavy atom. The van der Waals surface area contributed by atoms with Crippen LogP contribution in [0.4, 0.5) is 0 Å². The van der Waals surface area contributed by atoms with Crippen LogP contribution in [0.25, 0.3) is 118 Å². The molecule has 0 amide bonds. The molecule has 0 radical (unpaired) electrons. The van der Waals surface area contributed by atoms with Crippen molar-refractivity contribution >= 4 is 21.8 Å². The summed E-state index contributed by atoms with van der Waals surface area (Å²) in [6.45, 7) is 4.26. The van der Waals surface area contributed by atoms with Crippen molar-refractivity contribution < 1.29 is 0 Å². The molecule has 326 valence electrons. The van der Waals surface area contributed by atoms with Crippen molar-refractivity contribution in [3.63, 3.8) is 0 Å². The third kappa shape index (κ3) is 8.04. The molecule has 12 rings (SSSR count). The molecule has 9 aromatic carbocycles. The molecule has 6 heteroatoms. The molecule has 0 saturated carbocycles. The normalized spacial score (nSPS) is 11.3. The fourth-order valence-corrected chi connectivity index (χ4v) is 9.20. The molecule has 0 bridgehead atoms. The van der Waals surface area contributed by atoms with E-state index in [1.807, 2.05) is 97.1 Å². The SMILES string of the molecule is Cc1ccc(-c2ccc3c(c2)c2cc(-c4ccc(C)cc4)ccc2n3-c2ccc(-c3cc(-c4ccccc4)nc(-c4ccccc4)n3)cc2-c2nc(-c3ccccc3)nc(-c3ccccc3)n2)cc1. The Hall–Kier alpha value is -9.13. The van der Waals surface area contributed by atoms with Gasteiger partial charge in [-0.2, -0.15) is 0 Å². The fraction of sp³-hybridized carbons (Fsp3) is 0.0317. The molecule has 0 saturated heterocycles. The Morgan fingerprint density at radius 2 is 0.652 bits per heavy atom. The van der Waals surface area contributed by atoms with E-state index >= 15 is 0 Å². The van der Waals surface area contributed by atoms with E-state index in [0.717, 1.165) is 83.4 Å². The first-order chi connectivity index (χ1) is 34.0. The largest absolute Gasteiger partial charge is 0.308 e. The van der Waals surface area contributed by atoms with E-state index in [1.54, 1.807) is 0 Å². The summed E-state index contributed by atoms with van der Waals surface area (Å²) in [6, 6.07) is 80.6. The predicted octanol–water partition coefficient (Wildman–Crippen LogP) is 15.7. The van der Waals surface area contributed by atoms with Crippen LogP contribution in [-0.4, -0.2) is 29.5 Å². The van der Waals surface area contributed by atoms with E-state index in [9.17, 15) is 0 Å². The molecule has 0 aliphatic heterocycles. The Morgan fingerprint density at radius 3 is 1.12 bits per heavy atom. The number of aromatic nitrogens is 6. The molecule has 12 aromatic rings. The van der Waals surface area contributed by atoms with Gasteiger partial charge in [0.1, 0.15) is 0 Å². The first-order valence-corrected chi connectivity index (χ1v) is 23.2. The lowest BCUT2D eigenvalue weighted by atomic mass is 9.99. The molecule has 3 aromatic heterocycles. The summed E-state index contributed by atoms with van der Waals surface area (Å²) >= 11 is 0. The number of aryl methyl sites for hydroxylation is 2. The van der Waals surface area contributed by atoms with Gasteiger partial charge in [-0.3, -0.25) is 0 Å². The van der Waals surface area contributed by atoms with E-state index in [0.29, 0.717) is 23.3 Å². The zero-order valence-electron chi connectivity index (χ0n) is 38.1. The second kappa shape index (κ2) is 17.6. The lowest BCUT2D eigenvalue weighted by Crippen LogP contribution is -2.04. The maximum absolute atomic E-state index is 5.35. The molecule has 69 heavy (non-hydrogen) atoms. The minimum Gasteiger partial charge on any atom is -0.308 e. The molecule has 0 aliphatic carbocycles. The minimum atomic E-state index is 0.544. The summed E-state index contributed by atoms with van der Waals surface area (Å²) in [6.07, 6.45) is 0. The number of benzene rings is 9. The lowest BCUT2D eigenvalue weighted by molar-refractivity contribution is 1.06. The highest BCUT2D eigenvalue weighted by molar-refractivity contribution is 6.12. The van der Waals surface area contributed by atoms with Crippen LogP contribution in [0.1, 0.15) is 11.1 Å². The van der Waals surface area contributed by atoms with E-state index < -0.39 is 0 Å². The zero-order chi connectivity index (χ0) is 46.3. The zero-order valence-corrected chi connectivity index (χ0v) is 38.1. The van der Waals surface area contributed by atoms with Crippen LogP contribution in [-0.2, 0) is 0 Å². The molecule has 6 nitrogen and oxygen atoms in total. The van der Waals surface area contributed by atoms with Crippen LogP contribution in [0.5, 0.6) is 0 Å². The number of hydrogen-bond acceptors (Lipinski definition) is 5. The van der Waals surface area contributed by atoms with Crippen molar-refractivity contribution in [2.45, 2.75) is 13.8 Å². The third-order valence-corrected chi connectivity index (χ3v) is 12.8. The molecule has 0 spiro atoms. The summed E-state index contributed by atoms with van der Waals surface area (Å²) in [4.78, 5) is 26.2. The van der Waals surface area contributed by atoms with Gasteiger partial charge in [-0.1, -0.05) is 199 Å². The van der Waals surface area contributed by atoms with Gasteiger partial charge in [-0.25, -0.2) is 24.9 Å². The van der Waals surface area contributed by atoms with Crippen LogP contribution in [0.15, 0.2) is 231 Å². The quantitative estimate of drug-likeness (QED) is 0.144. The predicted molar refractivity (Wildman–Crippen MR) is 283 cm³/mol. The summed E-state index contributed by atoms with van der Waals surface area (Å²) in [5, 5.41) is 2.29. The maximum atomic E-state index is 5.35. The standard InChI is InChI=1S/C63H44N6/c1-41-23-27-43(28-24-41)49-31-34-57-52(37-49)53-38-50(44-29-25-42(2)26-30-44)32-35-58(53)69(57)59-36-33-51(56-40-55(45-15-7-3-8-16-45)64-60(65-56)46-17-9-4-10-18-46)39-54(59)63-67-61(47-19-11-5-12-20-47)66-62(68-63)48-21-13-6-14-22-48/h3-40H,1-2H3. The number of hydrogen-bond donors (Lipinski definition) is 0. The number of rotatable bonds is 9. The Balaban J connectivity index is 1.15. The van der Waals surface area contributed by atoms with Gasteiger partial charge in [0.05, 0.1) is 28.1 Å². The van der Waals surface area contributed by atoms with Crippen molar-refractivity contribution in [3.8, 4) is 96.0 Å². The van der Waals surface area contributed by atoms with Gasteiger partial charge in [0.25, 0.3) is 0 Å². The van der Waals surface area contributed by atoms with Crippen LogP contribution < -0.4 is 0 Å². The van der Waals surface area contributed by atoms with E-state index in [4.69, 9.17) is 24.9 Å². The second-order valence-corrected chi connectivity index (χ2v) is 17.5. The van der Waals surface area contributed by atoms with E-state index in [2.05, 4.69) is 152 Å². The van der Waals surface area contributed by atoms with Gasteiger partial charge in [0.2, 0.25) is 0 Å².